The van der Waals surface area contributed by atoms with E-state index in [1.807, 2.05) is 23.6 Å². The molecule has 4 rings (SSSR count). The number of anilines is 1. The third-order valence-corrected chi connectivity index (χ3v) is 4.03. The number of aliphatic hydroxyl groups excluding tert-OH is 1. The number of rotatable bonds is 1. The third-order valence-electron chi connectivity index (χ3n) is 4.03. The molecular formula is C14H15N5O2. The van der Waals surface area contributed by atoms with E-state index < -0.39 is 6.10 Å². The average molecular weight is 285 g/mol. The number of aromatic nitrogens is 4. The Hall–Kier alpha value is -2.25. The molecule has 0 radical (unpaired) electrons. The molecule has 3 heterocycles. The molecule has 7 heteroatoms. The lowest BCUT2D eigenvalue weighted by Gasteiger charge is -2.13. The van der Waals surface area contributed by atoms with Crippen molar-refractivity contribution in [2.75, 3.05) is 5.73 Å². The summed E-state index contributed by atoms with van der Waals surface area (Å²) >= 11 is 0. The van der Waals surface area contributed by atoms with Crippen molar-refractivity contribution in [3.05, 3.63) is 24.8 Å². The molecule has 1 fully saturated rings. The lowest BCUT2D eigenvalue weighted by Crippen LogP contribution is -2.15. The van der Waals surface area contributed by atoms with Crippen LogP contribution in [0.5, 0.6) is 0 Å². The summed E-state index contributed by atoms with van der Waals surface area (Å²) in [6, 6.07) is 3.81. The Kier molecular flexibility index (Phi) is 2.60. The first kappa shape index (κ1) is 12.5. The summed E-state index contributed by atoms with van der Waals surface area (Å²) < 4.78 is 7.71. The van der Waals surface area contributed by atoms with Gasteiger partial charge in [0.15, 0.2) is 0 Å². The molecule has 1 saturated heterocycles. The second kappa shape index (κ2) is 4.37. The molecule has 21 heavy (non-hydrogen) atoms. The minimum Gasteiger partial charge on any atom is -0.390 e. The summed E-state index contributed by atoms with van der Waals surface area (Å²) in [7, 11) is 0. The zero-order chi connectivity index (χ0) is 14.6. The number of hydrogen-bond acceptors (Lipinski definition) is 6. The predicted octanol–water partition coefficient (Wildman–Crippen LogP) is 1.23. The zero-order valence-electron chi connectivity index (χ0n) is 11.5. The normalized spacial score (nSPS) is 25.9. The minimum absolute atomic E-state index is 0.175. The highest BCUT2D eigenvalue weighted by molar-refractivity contribution is 5.97. The number of aliphatic hydroxyl groups is 1. The predicted molar refractivity (Wildman–Crippen MR) is 77.4 cm³/mol. The number of nitrogen functional groups attached to an aromatic ring is 1. The van der Waals surface area contributed by atoms with Gasteiger partial charge in [-0.3, -0.25) is 0 Å². The summed E-state index contributed by atoms with van der Waals surface area (Å²) in [5.41, 5.74) is 8.35. The number of fused-ring (bicyclic) bond motifs is 2. The molecular weight excluding hydrogens is 270 g/mol. The summed E-state index contributed by atoms with van der Waals surface area (Å²) in [6.45, 7) is 1.87. The number of nitrogens with zero attached hydrogens (tertiary/aromatic N) is 4. The monoisotopic (exact) mass is 285 g/mol. The molecule has 0 aliphatic carbocycles. The Morgan fingerprint density at radius 1 is 1.29 bits per heavy atom. The highest BCUT2D eigenvalue weighted by Crippen LogP contribution is 2.32. The highest BCUT2D eigenvalue weighted by atomic mass is 16.5. The Bertz CT molecular complexity index is 821. The van der Waals surface area contributed by atoms with Crippen molar-refractivity contribution in [1.29, 1.82) is 0 Å². The fourth-order valence-electron chi connectivity index (χ4n) is 2.80. The molecule has 1 aromatic carbocycles. The quantitative estimate of drug-likeness (QED) is 0.697. The molecule has 108 valence electrons. The van der Waals surface area contributed by atoms with Gasteiger partial charge in [0.1, 0.15) is 18.4 Å². The van der Waals surface area contributed by atoms with Gasteiger partial charge < -0.3 is 20.1 Å². The summed E-state index contributed by atoms with van der Waals surface area (Å²) in [5.74, 6) is 0.442. The maximum absolute atomic E-state index is 9.85. The molecule has 2 aromatic heterocycles. The Morgan fingerprint density at radius 3 is 2.90 bits per heavy atom. The second-order valence-corrected chi connectivity index (χ2v) is 5.37. The van der Waals surface area contributed by atoms with Gasteiger partial charge >= 0.3 is 0 Å². The van der Waals surface area contributed by atoms with E-state index in [-0.39, 0.29) is 12.3 Å². The van der Waals surface area contributed by atoms with Crippen LogP contribution in [0.1, 0.15) is 19.6 Å². The van der Waals surface area contributed by atoms with Gasteiger partial charge in [-0.05, 0) is 19.1 Å². The van der Waals surface area contributed by atoms with Crippen molar-refractivity contribution in [2.45, 2.75) is 31.8 Å². The SMILES string of the molecule is C[C@H]1O[C@@H](n2cnc3cc4c(N)ncnc4cc32)C[C@H]1O. The number of hydrogen-bond donors (Lipinski definition) is 2. The first-order chi connectivity index (χ1) is 10.1. The van der Waals surface area contributed by atoms with E-state index >= 15 is 0 Å². The van der Waals surface area contributed by atoms with Gasteiger partial charge in [-0.2, -0.15) is 0 Å². The Balaban J connectivity index is 1.88. The van der Waals surface area contributed by atoms with Crippen LogP contribution >= 0.6 is 0 Å². The van der Waals surface area contributed by atoms with Gasteiger partial charge in [-0.1, -0.05) is 0 Å². The molecule has 0 saturated carbocycles. The maximum atomic E-state index is 9.85. The molecule has 0 spiro atoms. The zero-order valence-corrected chi connectivity index (χ0v) is 11.5. The van der Waals surface area contributed by atoms with Crippen molar-refractivity contribution in [3.8, 4) is 0 Å². The van der Waals surface area contributed by atoms with Crippen LogP contribution in [-0.4, -0.2) is 36.8 Å². The van der Waals surface area contributed by atoms with Crippen molar-refractivity contribution >= 4 is 27.8 Å². The van der Waals surface area contributed by atoms with Crippen LogP contribution in [0.3, 0.4) is 0 Å². The van der Waals surface area contributed by atoms with Crippen LogP contribution < -0.4 is 5.73 Å². The summed E-state index contributed by atoms with van der Waals surface area (Å²) in [4.78, 5) is 12.6. The molecule has 3 atom stereocenters. The Morgan fingerprint density at radius 2 is 2.14 bits per heavy atom. The first-order valence-electron chi connectivity index (χ1n) is 6.84. The number of benzene rings is 1. The van der Waals surface area contributed by atoms with Crippen molar-refractivity contribution in [2.24, 2.45) is 0 Å². The molecule has 1 aliphatic heterocycles. The number of imidazole rings is 1. The van der Waals surface area contributed by atoms with Crippen molar-refractivity contribution < 1.29 is 9.84 Å². The van der Waals surface area contributed by atoms with Crippen LogP contribution in [0.2, 0.25) is 0 Å². The molecule has 7 nitrogen and oxygen atoms in total. The average Bonchev–Trinajstić information content (AvgIpc) is 3.01. The first-order valence-corrected chi connectivity index (χ1v) is 6.84. The summed E-state index contributed by atoms with van der Waals surface area (Å²) in [6.07, 6.45) is 2.88. The molecule has 3 aromatic rings. The van der Waals surface area contributed by atoms with Crippen LogP contribution in [0.25, 0.3) is 21.9 Å². The molecule has 0 bridgehead atoms. The van der Waals surface area contributed by atoms with Gasteiger partial charge in [-0.25, -0.2) is 15.0 Å². The second-order valence-electron chi connectivity index (χ2n) is 5.37. The lowest BCUT2D eigenvalue weighted by molar-refractivity contribution is -0.00609. The van der Waals surface area contributed by atoms with E-state index in [9.17, 15) is 5.11 Å². The Labute approximate surface area is 120 Å². The molecule has 3 N–H and O–H groups in total. The molecule has 1 aliphatic rings. The topological polar surface area (TPSA) is 99.1 Å². The fourth-order valence-corrected chi connectivity index (χ4v) is 2.80. The van der Waals surface area contributed by atoms with E-state index in [0.717, 1.165) is 21.9 Å². The van der Waals surface area contributed by atoms with Gasteiger partial charge in [0.05, 0.1) is 35.1 Å². The van der Waals surface area contributed by atoms with Crippen molar-refractivity contribution in [1.82, 2.24) is 19.5 Å². The lowest BCUT2D eigenvalue weighted by atomic mass is 10.2. The summed E-state index contributed by atoms with van der Waals surface area (Å²) in [5, 5.41) is 10.6. The van der Waals surface area contributed by atoms with Crippen LogP contribution in [-0.2, 0) is 4.74 Å². The molecule has 0 unspecified atom stereocenters. The van der Waals surface area contributed by atoms with Gasteiger partial charge in [0.25, 0.3) is 0 Å². The van der Waals surface area contributed by atoms with E-state index in [1.54, 1.807) is 6.33 Å². The van der Waals surface area contributed by atoms with Crippen molar-refractivity contribution in [3.63, 3.8) is 0 Å². The van der Waals surface area contributed by atoms with Gasteiger partial charge in [-0.15, -0.1) is 0 Å². The fraction of sp³-hybridized carbons (Fsp3) is 0.357. The van der Waals surface area contributed by atoms with Crippen LogP contribution in [0.4, 0.5) is 5.82 Å². The molecule has 0 amide bonds. The van der Waals surface area contributed by atoms with Gasteiger partial charge in [0.2, 0.25) is 0 Å². The third kappa shape index (κ3) is 1.85. The van der Waals surface area contributed by atoms with Crippen LogP contribution in [0.15, 0.2) is 24.8 Å². The van der Waals surface area contributed by atoms with Crippen LogP contribution in [0, 0.1) is 0 Å². The number of ether oxygens (including phenoxy) is 1. The van der Waals surface area contributed by atoms with Gasteiger partial charge in [0, 0.05) is 11.8 Å². The maximum Gasteiger partial charge on any atom is 0.138 e. The van der Waals surface area contributed by atoms with E-state index in [0.29, 0.717) is 12.2 Å². The highest BCUT2D eigenvalue weighted by Gasteiger charge is 2.32. The number of nitrogens with two attached hydrogens (primary N) is 1. The van der Waals surface area contributed by atoms with E-state index in [4.69, 9.17) is 10.5 Å². The standard InChI is InChI=1S/C14H15N5O2/c1-7-12(20)4-13(21-7)19-6-18-10-2-8-9(3-11(10)19)16-5-17-14(8)15/h2-3,5-7,12-13,20H,4H2,1H3,(H2,15,16,17)/t7-,12-,13-/m1/s1. The smallest absolute Gasteiger partial charge is 0.138 e. The largest absolute Gasteiger partial charge is 0.390 e. The van der Waals surface area contributed by atoms with E-state index in [1.165, 1.54) is 6.33 Å². The van der Waals surface area contributed by atoms with E-state index in [2.05, 4.69) is 15.0 Å². The minimum atomic E-state index is -0.453.